The fourth-order valence-corrected chi connectivity index (χ4v) is 6.15. The first kappa shape index (κ1) is 21.5. The van der Waals surface area contributed by atoms with E-state index in [4.69, 9.17) is 20.0 Å². The lowest BCUT2D eigenvalue weighted by Gasteiger charge is -2.38. The Bertz CT molecular complexity index is 1530. The molecule has 0 N–H and O–H groups in total. The van der Waals surface area contributed by atoms with E-state index in [-0.39, 0.29) is 16.8 Å². The van der Waals surface area contributed by atoms with E-state index in [1.165, 1.54) is 0 Å². The Hall–Kier alpha value is -4.04. The monoisotopic (exact) mass is 459 g/mol. The van der Waals surface area contributed by atoms with Gasteiger partial charge in [0, 0.05) is 5.41 Å². The van der Waals surface area contributed by atoms with Gasteiger partial charge in [0.25, 0.3) is 0 Å². The third-order valence-corrected chi connectivity index (χ3v) is 8.70. The summed E-state index contributed by atoms with van der Waals surface area (Å²) >= 11 is 0. The molecule has 2 bridgehead atoms. The van der Waals surface area contributed by atoms with Gasteiger partial charge in [0.15, 0.2) is 0 Å². The zero-order chi connectivity index (χ0) is 24.4. The average molecular weight is 460 g/mol. The molecule has 4 aromatic rings. The van der Waals surface area contributed by atoms with Crippen LogP contribution in [0.4, 0.5) is 0 Å². The molecule has 2 aliphatic carbocycles. The normalized spacial score (nSPS) is 23.6. The van der Waals surface area contributed by atoms with Crippen molar-refractivity contribution in [3.05, 3.63) is 89.7 Å². The molecule has 0 radical (unpaired) electrons. The lowest BCUT2D eigenvalue weighted by molar-refractivity contribution is -0.145. The second kappa shape index (κ2) is 7.23. The summed E-state index contributed by atoms with van der Waals surface area (Å²) in [7, 11) is 0. The molecule has 1 heterocycles. The number of nitrogens with zero attached hydrogens (tertiary/aromatic N) is 3. The third-order valence-electron chi connectivity index (χ3n) is 8.70. The number of para-hydroxylation sites is 2. The van der Waals surface area contributed by atoms with Crippen molar-refractivity contribution in [2.45, 2.75) is 44.4 Å². The second-order valence-corrected chi connectivity index (χ2v) is 10.4. The minimum atomic E-state index is -0.847. The molecule has 0 saturated heterocycles. The zero-order valence-corrected chi connectivity index (χ0v) is 20.0. The van der Waals surface area contributed by atoms with Crippen LogP contribution in [-0.4, -0.2) is 15.9 Å². The number of fused-ring (bicyclic) bond motifs is 6. The molecule has 35 heavy (non-hydrogen) atoms. The summed E-state index contributed by atoms with van der Waals surface area (Å²) in [6.07, 6.45) is 1.56. The molecule has 5 heteroatoms. The van der Waals surface area contributed by atoms with Crippen LogP contribution < -0.4 is 4.74 Å². The van der Waals surface area contributed by atoms with Crippen molar-refractivity contribution >= 4 is 17.0 Å². The van der Waals surface area contributed by atoms with Crippen molar-refractivity contribution in [3.63, 3.8) is 0 Å². The van der Waals surface area contributed by atoms with Gasteiger partial charge in [-0.3, -0.25) is 4.79 Å². The molecular formula is C30H25N3O2. The largest absolute Gasteiger partial charge is 0.426 e. The highest BCUT2D eigenvalue weighted by atomic mass is 16.5. The summed E-state index contributed by atoms with van der Waals surface area (Å²) in [5.74, 6) is 0.244. The molecule has 6 rings (SSSR count). The SMILES string of the molecule is CC12CCC(C(=O)Oc3ccc(-c4ccc(C#N)cc4)cc3)(c3nc4ccccc4nc31)C2(C)C. The van der Waals surface area contributed by atoms with Crippen molar-refractivity contribution in [1.82, 2.24) is 9.97 Å². The molecule has 1 aromatic heterocycles. The Kier molecular flexibility index (Phi) is 4.44. The fraction of sp³-hybridized carbons (Fsp3) is 0.267. The van der Waals surface area contributed by atoms with Crippen molar-refractivity contribution in [2.24, 2.45) is 5.41 Å². The Morgan fingerprint density at radius 1 is 0.829 bits per heavy atom. The molecule has 3 aromatic carbocycles. The third kappa shape index (κ3) is 2.77. The van der Waals surface area contributed by atoms with Crippen LogP contribution in [0.2, 0.25) is 0 Å². The van der Waals surface area contributed by atoms with Crippen LogP contribution in [0.1, 0.15) is 50.6 Å². The van der Waals surface area contributed by atoms with Gasteiger partial charge in [-0.05, 0) is 65.8 Å². The highest BCUT2D eigenvalue weighted by Gasteiger charge is 2.74. The molecule has 0 spiro atoms. The summed E-state index contributed by atoms with van der Waals surface area (Å²) in [5, 5.41) is 9.01. The van der Waals surface area contributed by atoms with E-state index in [1.807, 2.05) is 60.7 Å². The molecule has 0 aliphatic heterocycles. The lowest BCUT2D eigenvalue weighted by atomic mass is 9.64. The number of hydrogen-bond acceptors (Lipinski definition) is 5. The number of rotatable bonds is 3. The molecular weight excluding hydrogens is 434 g/mol. The molecule has 2 aliphatic rings. The topological polar surface area (TPSA) is 75.9 Å². The quantitative estimate of drug-likeness (QED) is 0.273. The number of carbonyl (C=O) groups is 1. The first-order chi connectivity index (χ1) is 16.8. The maximum Gasteiger partial charge on any atom is 0.324 e. The van der Waals surface area contributed by atoms with Crippen LogP contribution in [0.25, 0.3) is 22.2 Å². The summed E-state index contributed by atoms with van der Waals surface area (Å²) in [4.78, 5) is 24.0. The zero-order valence-electron chi connectivity index (χ0n) is 20.0. The highest BCUT2D eigenvalue weighted by Crippen LogP contribution is 2.70. The van der Waals surface area contributed by atoms with E-state index in [0.29, 0.717) is 17.7 Å². The molecule has 0 amide bonds. The average Bonchev–Trinajstić information content (AvgIpc) is 3.18. The first-order valence-corrected chi connectivity index (χ1v) is 11.9. The van der Waals surface area contributed by atoms with Crippen molar-refractivity contribution < 1.29 is 9.53 Å². The van der Waals surface area contributed by atoms with Gasteiger partial charge < -0.3 is 4.74 Å². The van der Waals surface area contributed by atoms with Crippen LogP contribution in [-0.2, 0) is 15.6 Å². The summed E-state index contributed by atoms with van der Waals surface area (Å²) < 4.78 is 6.05. The van der Waals surface area contributed by atoms with E-state index in [9.17, 15) is 4.79 Å². The maximum atomic E-state index is 14.0. The number of ether oxygens (including phenoxy) is 1. The van der Waals surface area contributed by atoms with Gasteiger partial charge >= 0.3 is 5.97 Å². The fourth-order valence-electron chi connectivity index (χ4n) is 6.15. The lowest BCUT2D eigenvalue weighted by Crippen LogP contribution is -2.48. The van der Waals surface area contributed by atoms with Gasteiger partial charge in [0.1, 0.15) is 11.2 Å². The molecule has 2 unspecified atom stereocenters. The van der Waals surface area contributed by atoms with Crippen molar-refractivity contribution in [1.29, 1.82) is 5.26 Å². The van der Waals surface area contributed by atoms with Gasteiger partial charge in [0.2, 0.25) is 0 Å². The van der Waals surface area contributed by atoms with E-state index in [1.54, 1.807) is 12.1 Å². The smallest absolute Gasteiger partial charge is 0.324 e. The molecule has 172 valence electrons. The minimum absolute atomic E-state index is 0.252. The standard InChI is InChI=1S/C30H25N3O2/c1-28(2)29(3)16-17-30(28,26-25(29)32-23-6-4-5-7-24(23)33-26)27(34)35-22-14-12-21(13-15-22)20-10-8-19(18-31)9-11-20/h4-15H,16-17H2,1-3H3. The summed E-state index contributed by atoms with van der Waals surface area (Å²) in [6.45, 7) is 6.52. The molecule has 1 fully saturated rings. The summed E-state index contributed by atoms with van der Waals surface area (Å²) in [6, 6.07) is 24.9. The van der Waals surface area contributed by atoms with Gasteiger partial charge in [-0.1, -0.05) is 57.2 Å². The number of aromatic nitrogens is 2. The minimum Gasteiger partial charge on any atom is -0.426 e. The predicted octanol–water partition coefficient (Wildman–Crippen LogP) is 6.10. The molecule has 5 nitrogen and oxygen atoms in total. The number of esters is 1. The van der Waals surface area contributed by atoms with E-state index >= 15 is 0 Å². The van der Waals surface area contributed by atoms with Gasteiger partial charge in [-0.25, -0.2) is 9.97 Å². The predicted molar refractivity (Wildman–Crippen MR) is 134 cm³/mol. The van der Waals surface area contributed by atoms with Gasteiger partial charge in [-0.15, -0.1) is 0 Å². The van der Waals surface area contributed by atoms with E-state index in [2.05, 4.69) is 26.8 Å². The number of benzene rings is 3. The van der Waals surface area contributed by atoms with E-state index < -0.39 is 5.41 Å². The maximum absolute atomic E-state index is 14.0. The Morgan fingerprint density at radius 3 is 2.00 bits per heavy atom. The number of nitriles is 1. The number of hydrogen-bond donors (Lipinski definition) is 0. The van der Waals surface area contributed by atoms with Crippen LogP contribution in [0, 0.1) is 16.7 Å². The Balaban J connectivity index is 1.36. The van der Waals surface area contributed by atoms with Gasteiger partial charge in [0.05, 0.1) is 34.1 Å². The van der Waals surface area contributed by atoms with Crippen LogP contribution in [0.5, 0.6) is 5.75 Å². The second-order valence-electron chi connectivity index (χ2n) is 10.4. The first-order valence-electron chi connectivity index (χ1n) is 11.9. The van der Waals surface area contributed by atoms with Crippen molar-refractivity contribution in [2.75, 3.05) is 0 Å². The van der Waals surface area contributed by atoms with Gasteiger partial charge in [-0.2, -0.15) is 5.26 Å². The van der Waals surface area contributed by atoms with Crippen LogP contribution in [0.3, 0.4) is 0 Å². The highest BCUT2D eigenvalue weighted by molar-refractivity contribution is 5.90. The van der Waals surface area contributed by atoms with Crippen molar-refractivity contribution in [3.8, 4) is 22.9 Å². The molecule has 2 atom stereocenters. The summed E-state index contributed by atoms with van der Waals surface area (Å²) in [5.41, 5.74) is 4.49. The Morgan fingerprint density at radius 2 is 1.40 bits per heavy atom. The Labute approximate surface area is 204 Å². The van der Waals surface area contributed by atoms with Crippen LogP contribution in [0.15, 0.2) is 72.8 Å². The molecule has 1 saturated carbocycles. The number of carbonyl (C=O) groups excluding carboxylic acids is 1. The van der Waals surface area contributed by atoms with Crippen LogP contribution >= 0.6 is 0 Å². The van der Waals surface area contributed by atoms with E-state index in [0.717, 1.165) is 40.0 Å².